The van der Waals surface area contributed by atoms with Gasteiger partial charge in [-0.05, 0) is 25.7 Å². The molecule has 0 amide bonds. The monoisotopic (exact) mass is 180 g/mol. The summed E-state index contributed by atoms with van der Waals surface area (Å²) in [5.74, 6) is -0.281. The van der Waals surface area contributed by atoms with Crippen LogP contribution >= 0.6 is 0 Å². The van der Waals surface area contributed by atoms with Gasteiger partial charge in [-0.15, -0.1) is 0 Å². The van der Waals surface area contributed by atoms with Crippen LogP contribution in [0.4, 0.5) is 0 Å². The number of ether oxygens (including phenoxy) is 1. The van der Waals surface area contributed by atoms with Gasteiger partial charge in [-0.3, -0.25) is 0 Å². The molecule has 1 fully saturated rings. The van der Waals surface area contributed by atoms with Crippen LogP contribution in [0.5, 0.6) is 0 Å². The van der Waals surface area contributed by atoms with Gasteiger partial charge in [-0.25, -0.2) is 4.79 Å². The van der Waals surface area contributed by atoms with Gasteiger partial charge in [0.2, 0.25) is 0 Å². The number of nitrogens with zero attached hydrogens (tertiary/aromatic N) is 1. The van der Waals surface area contributed by atoms with Gasteiger partial charge < -0.3 is 16.6 Å². The molecule has 0 unspecified atom stereocenters. The SMILES string of the molecule is C=CC(=O)OC1CCCCC1.[C-]#N. The number of carbonyl (C=O) groups is 1. The summed E-state index contributed by atoms with van der Waals surface area (Å²) in [7, 11) is 0. The van der Waals surface area contributed by atoms with Crippen LogP contribution in [0.15, 0.2) is 12.7 Å². The maximum Gasteiger partial charge on any atom is 0.330 e. The third kappa shape index (κ3) is 5.02. The van der Waals surface area contributed by atoms with E-state index in [0.717, 1.165) is 12.8 Å². The number of hydrogen-bond acceptors (Lipinski definition) is 3. The first kappa shape index (κ1) is 11.7. The van der Waals surface area contributed by atoms with Crippen molar-refractivity contribution in [2.45, 2.75) is 38.2 Å². The molecule has 0 atom stereocenters. The Bertz CT molecular complexity index is 181. The molecule has 72 valence electrons. The minimum absolute atomic E-state index is 0.161. The Labute approximate surface area is 79.0 Å². The average Bonchev–Trinajstić information content (AvgIpc) is 2.22. The average molecular weight is 180 g/mol. The molecule has 0 aromatic carbocycles. The third-order valence-corrected chi connectivity index (χ3v) is 2.00. The highest BCUT2D eigenvalue weighted by atomic mass is 16.5. The van der Waals surface area contributed by atoms with Crippen LogP contribution in [-0.4, -0.2) is 12.1 Å². The quantitative estimate of drug-likeness (QED) is 0.371. The minimum Gasteiger partial charge on any atom is -0.512 e. The predicted octanol–water partition coefficient (Wildman–Crippen LogP) is 2.14. The Morgan fingerprint density at radius 1 is 1.38 bits per heavy atom. The third-order valence-electron chi connectivity index (χ3n) is 2.00. The fourth-order valence-corrected chi connectivity index (χ4v) is 1.40. The largest absolute Gasteiger partial charge is 0.512 e. The molecule has 1 rings (SSSR count). The molecule has 0 aromatic rings. The fourth-order valence-electron chi connectivity index (χ4n) is 1.40. The molecule has 0 N–H and O–H groups in total. The van der Waals surface area contributed by atoms with Crippen LogP contribution in [-0.2, 0) is 9.53 Å². The van der Waals surface area contributed by atoms with Gasteiger partial charge in [0.25, 0.3) is 0 Å². The highest BCUT2D eigenvalue weighted by Crippen LogP contribution is 2.20. The number of hydrogen-bond donors (Lipinski definition) is 0. The van der Waals surface area contributed by atoms with Gasteiger partial charge in [-0.2, -0.15) is 0 Å². The van der Waals surface area contributed by atoms with Crippen LogP contribution in [0.1, 0.15) is 32.1 Å². The predicted molar refractivity (Wildman–Crippen MR) is 48.1 cm³/mol. The zero-order valence-electron chi connectivity index (χ0n) is 7.66. The van der Waals surface area contributed by atoms with Gasteiger partial charge in [-0.1, -0.05) is 13.0 Å². The van der Waals surface area contributed by atoms with E-state index in [1.54, 1.807) is 0 Å². The molecule has 0 radical (unpaired) electrons. The molecule has 3 nitrogen and oxygen atoms in total. The highest BCUT2D eigenvalue weighted by molar-refractivity contribution is 5.81. The van der Waals surface area contributed by atoms with E-state index in [0.29, 0.717) is 0 Å². The summed E-state index contributed by atoms with van der Waals surface area (Å²) < 4.78 is 5.08. The molecular formula is C10H14NO2-. The van der Waals surface area contributed by atoms with Crippen LogP contribution < -0.4 is 0 Å². The topological polar surface area (TPSA) is 50.1 Å². The lowest BCUT2D eigenvalue weighted by molar-refractivity contribution is -0.144. The molecule has 0 heterocycles. The summed E-state index contributed by atoms with van der Waals surface area (Å²) in [5.41, 5.74) is 0. The molecule has 0 aromatic heterocycles. The van der Waals surface area contributed by atoms with E-state index < -0.39 is 0 Å². The summed E-state index contributed by atoms with van der Waals surface area (Å²) in [5, 5.41) is 6.25. The summed E-state index contributed by atoms with van der Waals surface area (Å²) in [6.45, 7) is 8.10. The Morgan fingerprint density at radius 2 is 1.92 bits per heavy atom. The lowest BCUT2D eigenvalue weighted by Gasteiger charge is -2.20. The fraction of sp³-hybridized carbons (Fsp3) is 0.600. The van der Waals surface area contributed by atoms with Crippen molar-refractivity contribution in [1.29, 1.82) is 5.26 Å². The van der Waals surface area contributed by atoms with Crippen molar-refractivity contribution >= 4 is 5.97 Å². The molecule has 0 aliphatic heterocycles. The maximum absolute atomic E-state index is 10.7. The van der Waals surface area contributed by atoms with Crippen LogP contribution in [0.2, 0.25) is 0 Å². The first-order valence-electron chi connectivity index (χ1n) is 4.38. The van der Waals surface area contributed by atoms with Gasteiger partial charge in [0, 0.05) is 6.08 Å². The van der Waals surface area contributed by atoms with E-state index >= 15 is 0 Å². The van der Waals surface area contributed by atoms with E-state index in [9.17, 15) is 4.79 Å². The molecule has 1 aliphatic rings. The van der Waals surface area contributed by atoms with Crippen molar-refractivity contribution in [1.82, 2.24) is 0 Å². The first-order valence-corrected chi connectivity index (χ1v) is 4.38. The van der Waals surface area contributed by atoms with Crippen molar-refractivity contribution in [3.63, 3.8) is 0 Å². The maximum atomic E-state index is 10.7. The number of esters is 1. The van der Waals surface area contributed by atoms with Crippen LogP contribution in [0.3, 0.4) is 0 Å². The number of carbonyl (C=O) groups excluding carboxylic acids is 1. The van der Waals surface area contributed by atoms with Crippen molar-refractivity contribution in [2.75, 3.05) is 0 Å². The summed E-state index contributed by atoms with van der Waals surface area (Å²) in [4.78, 5) is 10.7. The Hall–Kier alpha value is -1.30. The Kier molecular flexibility index (Phi) is 6.62. The summed E-state index contributed by atoms with van der Waals surface area (Å²) >= 11 is 0. The van der Waals surface area contributed by atoms with Gasteiger partial charge in [0.15, 0.2) is 0 Å². The zero-order chi connectivity index (χ0) is 10.1. The van der Waals surface area contributed by atoms with Crippen molar-refractivity contribution in [3.8, 4) is 0 Å². The Morgan fingerprint density at radius 3 is 2.38 bits per heavy atom. The number of rotatable bonds is 2. The highest BCUT2D eigenvalue weighted by Gasteiger charge is 2.15. The normalized spacial score (nSPS) is 16.5. The lowest BCUT2D eigenvalue weighted by atomic mass is 9.98. The van der Waals surface area contributed by atoms with E-state index in [1.165, 1.54) is 25.3 Å². The second-order valence-corrected chi connectivity index (χ2v) is 2.90. The van der Waals surface area contributed by atoms with E-state index in [-0.39, 0.29) is 12.1 Å². The van der Waals surface area contributed by atoms with E-state index in [4.69, 9.17) is 16.6 Å². The van der Waals surface area contributed by atoms with E-state index in [2.05, 4.69) is 6.58 Å². The first-order chi connectivity index (χ1) is 6.33. The van der Waals surface area contributed by atoms with Crippen molar-refractivity contribution in [3.05, 3.63) is 19.2 Å². The smallest absolute Gasteiger partial charge is 0.330 e. The minimum atomic E-state index is -0.281. The second kappa shape index (κ2) is 7.35. The molecule has 1 saturated carbocycles. The van der Waals surface area contributed by atoms with Gasteiger partial charge in [0.05, 0.1) is 0 Å². The summed E-state index contributed by atoms with van der Waals surface area (Å²) in [6.07, 6.45) is 7.11. The molecule has 0 bridgehead atoms. The standard InChI is InChI=1S/C9H14O2.CN/c1-2-9(10)11-8-6-4-3-5-7-8;1-2/h2,8H,1,3-7H2;/q;-1. The molecule has 3 heteroatoms. The molecular weight excluding hydrogens is 166 g/mol. The van der Waals surface area contributed by atoms with Gasteiger partial charge in [0.1, 0.15) is 6.10 Å². The van der Waals surface area contributed by atoms with Gasteiger partial charge >= 0.3 is 5.97 Å². The lowest BCUT2D eigenvalue weighted by Crippen LogP contribution is -2.19. The van der Waals surface area contributed by atoms with Crippen molar-refractivity contribution < 1.29 is 9.53 Å². The zero-order valence-corrected chi connectivity index (χ0v) is 7.66. The van der Waals surface area contributed by atoms with Crippen molar-refractivity contribution in [2.24, 2.45) is 0 Å². The molecule has 13 heavy (non-hydrogen) atoms. The second-order valence-electron chi connectivity index (χ2n) is 2.90. The molecule has 1 aliphatic carbocycles. The molecule has 0 spiro atoms. The van der Waals surface area contributed by atoms with E-state index in [1.807, 2.05) is 0 Å². The van der Waals surface area contributed by atoms with Crippen LogP contribution in [0, 0.1) is 11.8 Å². The summed E-state index contributed by atoms with van der Waals surface area (Å²) in [6, 6.07) is 0. The Balaban J connectivity index is 0.000000671. The molecule has 0 saturated heterocycles. The van der Waals surface area contributed by atoms with Crippen LogP contribution in [0.25, 0.3) is 0 Å².